The summed E-state index contributed by atoms with van der Waals surface area (Å²) < 4.78 is 13.3. The highest BCUT2D eigenvalue weighted by molar-refractivity contribution is 6.30. The van der Waals surface area contributed by atoms with E-state index in [4.69, 9.17) is 11.6 Å². The number of hydrogen-bond acceptors (Lipinski definition) is 2. The lowest BCUT2D eigenvalue weighted by molar-refractivity contribution is -0.142. The Bertz CT molecular complexity index is 619. The maximum Gasteiger partial charge on any atom is 0.223 e. The quantitative estimate of drug-likeness (QED) is 0.844. The average Bonchev–Trinajstić information content (AvgIpc) is 3.36. The maximum absolute atomic E-state index is 13.3. The van der Waals surface area contributed by atoms with Crippen LogP contribution in [0.1, 0.15) is 37.7 Å². The van der Waals surface area contributed by atoms with Crippen LogP contribution in [0, 0.1) is 11.7 Å². The first-order valence-corrected chi connectivity index (χ1v) is 8.97. The van der Waals surface area contributed by atoms with Crippen molar-refractivity contribution in [2.45, 2.75) is 50.7 Å². The summed E-state index contributed by atoms with van der Waals surface area (Å²) in [5, 5.41) is 0.195. The topological polar surface area (TPSA) is 23.6 Å². The van der Waals surface area contributed by atoms with E-state index in [-0.39, 0.29) is 10.8 Å². The van der Waals surface area contributed by atoms with Crippen molar-refractivity contribution in [3.63, 3.8) is 0 Å². The third-order valence-corrected chi connectivity index (χ3v) is 5.77. The predicted molar refractivity (Wildman–Crippen MR) is 87.7 cm³/mol. The van der Waals surface area contributed by atoms with E-state index < -0.39 is 0 Å². The summed E-state index contributed by atoms with van der Waals surface area (Å²) in [4.78, 5) is 16.9. The number of amides is 1. The fourth-order valence-electron chi connectivity index (χ4n) is 4.23. The second-order valence-electron chi connectivity index (χ2n) is 7.17. The van der Waals surface area contributed by atoms with Crippen LogP contribution in [0.3, 0.4) is 0 Å². The first kappa shape index (κ1) is 15.4. The monoisotopic (exact) mass is 336 g/mol. The summed E-state index contributed by atoms with van der Waals surface area (Å²) in [6.07, 6.45) is 5.14. The molecule has 1 aromatic carbocycles. The molecule has 1 amide bonds. The number of rotatable bonds is 3. The molecule has 0 aromatic heterocycles. The fourth-order valence-corrected chi connectivity index (χ4v) is 4.44. The highest BCUT2D eigenvalue weighted by Gasteiger charge is 2.45. The molecular weight excluding hydrogens is 315 g/mol. The number of carbonyl (C=O) groups is 1. The van der Waals surface area contributed by atoms with Crippen molar-refractivity contribution in [2.24, 2.45) is 5.92 Å². The molecule has 0 radical (unpaired) electrons. The zero-order valence-electron chi connectivity index (χ0n) is 13.2. The van der Waals surface area contributed by atoms with Crippen molar-refractivity contribution in [3.05, 3.63) is 34.6 Å². The summed E-state index contributed by atoms with van der Waals surface area (Å²) in [5.41, 5.74) is 1.06. The molecule has 3 nitrogen and oxygen atoms in total. The molecule has 0 unspecified atom stereocenters. The number of likely N-dealkylation sites (tertiary alicyclic amines) is 2. The van der Waals surface area contributed by atoms with Crippen LogP contribution in [0.2, 0.25) is 5.02 Å². The summed E-state index contributed by atoms with van der Waals surface area (Å²) in [5.74, 6) is 0.588. The summed E-state index contributed by atoms with van der Waals surface area (Å²) in [7, 11) is 0. The average molecular weight is 337 g/mol. The Morgan fingerprint density at radius 1 is 1.22 bits per heavy atom. The van der Waals surface area contributed by atoms with Crippen molar-refractivity contribution in [2.75, 3.05) is 13.1 Å². The van der Waals surface area contributed by atoms with Crippen LogP contribution < -0.4 is 0 Å². The van der Waals surface area contributed by atoms with E-state index in [1.165, 1.54) is 18.9 Å². The molecule has 23 heavy (non-hydrogen) atoms. The van der Waals surface area contributed by atoms with Gasteiger partial charge in [0.1, 0.15) is 5.82 Å². The number of nitrogens with zero attached hydrogens (tertiary/aromatic N) is 2. The third-order valence-electron chi connectivity index (χ3n) is 5.48. The molecule has 1 aromatic rings. The van der Waals surface area contributed by atoms with E-state index in [0.29, 0.717) is 30.3 Å². The molecule has 5 heteroatoms. The third kappa shape index (κ3) is 3.11. The van der Waals surface area contributed by atoms with Crippen LogP contribution in [0.15, 0.2) is 18.2 Å². The van der Waals surface area contributed by atoms with Gasteiger partial charge in [-0.1, -0.05) is 17.7 Å². The van der Waals surface area contributed by atoms with Gasteiger partial charge in [0.05, 0.1) is 5.02 Å². The van der Waals surface area contributed by atoms with E-state index in [1.54, 1.807) is 6.07 Å². The smallest absolute Gasteiger partial charge is 0.223 e. The number of hydrogen-bond donors (Lipinski definition) is 0. The lowest BCUT2D eigenvalue weighted by atomic mass is 9.83. The minimum absolute atomic E-state index is 0.195. The van der Waals surface area contributed by atoms with E-state index in [9.17, 15) is 9.18 Å². The molecule has 2 heterocycles. The molecule has 2 atom stereocenters. The standard InChI is InChI=1S/C18H22ClFN2O/c19-15-9-12(1-5-16(15)20)10-21-8-7-17-13(11-21)2-6-18(23)22(17)14-3-4-14/h1,5,9,13-14,17H,2-4,6-8,10-11H2/t13-,17-/m0/s1. The van der Waals surface area contributed by atoms with Crippen molar-refractivity contribution >= 4 is 17.5 Å². The SMILES string of the molecule is O=C1CC[C@H]2CN(Cc3ccc(F)c(Cl)c3)CC[C@@H]2N1C1CC1. The first-order valence-electron chi connectivity index (χ1n) is 8.59. The van der Waals surface area contributed by atoms with Crippen LogP contribution in [-0.2, 0) is 11.3 Å². The van der Waals surface area contributed by atoms with Crippen LogP contribution in [0.25, 0.3) is 0 Å². The van der Waals surface area contributed by atoms with Gasteiger partial charge in [0.2, 0.25) is 5.91 Å². The number of piperidine rings is 2. The highest BCUT2D eigenvalue weighted by atomic mass is 35.5. The van der Waals surface area contributed by atoms with Crippen LogP contribution in [0.4, 0.5) is 4.39 Å². The molecule has 3 aliphatic rings. The Labute approximate surface area is 141 Å². The molecule has 2 aliphatic heterocycles. The van der Waals surface area contributed by atoms with E-state index in [1.807, 2.05) is 6.07 Å². The van der Waals surface area contributed by atoms with Gasteiger partial charge in [-0.15, -0.1) is 0 Å². The number of benzene rings is 1. The lowest BCUT2D eigenvalue weighted by Gasteiger charge is -2.47. The Balaban J connectivity index is 1.42. The Kier molecular flexibility index (Phi) is 4.06. The van der Waals surface area contributed by atoms with Gasteiger partial charge in [-0.05, 0) is 49.3 Å². The molecular formula is C18H22ClFN2O. The van der Waals surface area contributed by atoms with Crippen LogP contribution >= 0.6 is 11.6 Å². The molecule has 3 fully saturated rings. The number of carbonyl (C=O) groups excluding carboxylic acids is 1. The van der Waals surface area contributed by atoms with E-state index in [2.05, 4.69) is 9.80 Å². The van der Waals surface area contributed by atoms with Crippen molar-refractivity contribution in [1.82, 2.24) is 9.80 Å². The summed E-state index contributed by atoms with van der Waals surface area (Å²) in [6, 6.07) is 5.95. The van der Waals surface area contributed by atoms with Gasteiger partial charge in [0, 0.05) is 38.1 Å². The fraction of sp³-hybridized carbons (Fsp3) is 0.611. The predicted octanol–water partition coefficient (Wildman–Crippen LogP) is 3.45. The number of halogens is 2. The molecule has 0 spiro atoms. The van der Waals surface area contributed by atoms with Crippen molar-refractivity contribution in [3.8, 4) is 0 Å². The van der Waals surface area contributed by atoms with Gasteiger partial charge in [0.15, 0.2) is 0 Å². The van der Waals surface area contributed by atoms with Gasteiger partial charge in [-0.25, -0.2) is 4.39 Å². The molecule has 0 N–H and O–H groups in total. The molecule has 124 valence electrons. The molecule has 0 bridgehead atoms. The minimum Gasteiger partial charge on any atom is -0.336 e. The zero-order chi connectivity index (χ0) is 16.0. The first-order chi connectivity index (χ1) is 11.1. The Morgan fingerprint density at radius 3 is 2.78 bits per heavy atom. The van der Waals surface area contributed by atoms with Gasteiger partial charge in [0.25, 0.3) is 0 Å². The van der Waals surface area contributed by atoms with E-state index >= 15 is 0 Å². The van der Waals surface area contributed by atoms with Gasteiger partial charge in [-0.2, -0.15) is 0 Å². The Morgan fingerprint density at radius 2 is 2.04 bits per heavy atom. The van der Waals surface area contributed by atoms with Crippen LogP contribution in [0.5, 0.6) is 0 Å². The Hall–Kier alpha value is -1.13. The number of fused-ring (bicyclic) bond motifs is 1. The molecule has 1 aliphatic carbocycles. The van der Waals surface area contributed by atoms with Gasteiger partial charge < -0.3 is 4.90 Å². The maximum atomic E-state index is 13.3. The molecule has 4 rings (SSSR count). The normalized spacial score (nSPS) is 28.8. The minimum atomic E-state index is -0.361. The second-order valence-corrected chi connectivity index (χ2v) is 7.58. The van der Waals surface area contributed by atoms with E-state index in [0.717, 1.165) is 38.0 Å². The molecule has 2 saturated heterocycles. The molecule has 1 saturated carbocycles. The summed E-state index contributed by atoms with van der Waals surface area (Å²) >= 11 is 5.88. The van der Waals surface area contributed by atoms with Crippen molar-refractivity contribution in [1.29, 1.82) is 0 Å². The second kappa shape index (κ2) is 6.06. The highest BCUT2D eigenvalue weighted by Crippen LogP contribution is 2.39. The van der Waals surface area contributed by atoms with Crippen molar-refractivity contribution < 1.29 is 9.18 Å². The largest absolute Gasteiger partial charge is 0.336 e. The van der Waals surface area contributed by atoms with Gasteiger partial charge in [-0.3, -0.25) is 9.69 Å². The summed E-state index contributed by atoms with van der Waals surface area (Å²) in [6.45, 7) is 2.82. The van der Waals surface area contributed by atoms with Gasteiger partial charge >= 0.3 is 0 Å². The zero-order valence-corrected chi connectivity index (χ0v) is 13.9. The van der Waals surface area contributed by atoms with Crippen LogP contribution in [-0.4, -0.2) is 40.9 Å². The lowest BCUT2D eigenvalue weighted by Crippen LogP contribution is -2.56.